The smallest absolute Gasteiger partial charge is 0.408 e. The molecule has 152 valence electrons. The Bertz CT molecular complexity index is 852. The number of benzene rings is 1. The zero-order chi connectivity index (χ0) is 20.3. The molecule has 0 aliphatic carbocycles. The molecule has 0 spiro atoms. The Morgan fingerprint density at radius 2 is 1.89 bits per heavy atom. The van der Waals surface area contributed by atoms with Gasteiger partial charge in [0.1, 0.15) is 11.6 Å². The first-order valence-corrected chi connectivity index (χ1v) is 9.07. The number of ether oxygens (including phenoxy) is 1. The van der Waals surface area contributed by atoms with Gasteiger partial charge in [0.2, 0.25) is 5.91 Å². The Morgan fingerprint density at radius 3 is 2.57 bits per heavy atom. The molecule has 0 bridgehead atoms. The minimum atomic E-state index is -0.815. The second-order valence-electron chi connectivity index (χ2n) is 7.67. The van der Waals surface area contributed by atoms with Crippen LogP contribution in [0, 0.1) is 0 Å². The van der Waals surface area contributed by atoms with Crippen molar-refractivity contribution in [3.05, 3.63) is 36.0 Å². The summed E-state index contributed by atoms with van der Waals surface area (Å²) in [4.78, 5) is 25.1. The average Bonchev–Trinajstić information content (AvgIpc) is 3.21. The number of rotatable bonds is 5. The van der Waals surface area contributed by atoms with Crippen LogP contribution in [0.5, 0.6) is 0 Å². The molecule has 2 amide bonds. The fourth-order valence-electron chi connectivity index (χ4n) is 3.03. The quantitative estimate of drug-likeness (QED) is 0.430. The van der Waals surface area contributed by atoms with Gasteiger partial charge in [-0.1, -0.05) is 18.2 Å². The number of hydrogen-bond donors (Lipinski definition) is 6. The lowest BCUT2D eigenvalue weighted by Crippen LogP contribution is -2.57. The summed E-state index contributed by atoms with van der Waals surface area (Å²) in [6, 6.07) is 7.11. The first-order valence-electron chi connectivity index (χ1n) is 9.07. The van der Waals surface area contributed by atoms with Gasteiger partial charge in [-0.2, -0.15) is 11.1 Å². The van der Waals surface area contributed by atoms with E-state index in [9.17, 15) is 9.59 Å². The van der Waals surface area contributed by atoms with E-state index in [2.05, 4.69) is 32.6 Å². The third-order valence-corrected chi connectivity index (χ3v) is 4.19. The lowest BCUT2D eigenvalue weighted by atomic mass is 10.0. The number of carbonyl (C=O) groups excluding carboxylic acids is 2. The number of para-hydroxylation sites is 1. The summed E-state index contributed by atoms with van der Waals surface area (Å²) < 4.78 is 7.33. The standard InChI is InChI=1S/C18H27N7O3/c1-18(2,3)28-17(27)19-13(15(26)20-16-21-23-24-22-16)9-11-10-25(4)14-8-6-5-7-12(11)14/h5-8,10,13,16,21-24H,9H2,1-4H3,(H,19,27)(H,20,26)/t13-/m1/s1. The Labute approximate surface area is 163 Å². The number of carbonyl (C=O) groups is 2. The number of aryl methyl sites for hydroxylation is 1. The summed E-state index contributed by atoms with van der Waals surface area (Å²) in [6.07, 6.45) is 1.12. The molecule has 1 aromatic carbocycles. The van der Waals surface area contributed by atoms with E-state index >= 15 is 0 Å². The molecule has 6 N–H and O–H groups in total. The number of alkyl carbamates (subject to hydrolysis) is 1. The predicted molar refractivity (Wildman–Crippen MR) is 104 cm³/mol. The fourth-order valence-corrected chi connectivity index (χ4v) is 3.03. The van der Waals surface area contributed by atoms with Gasteiger partial charge in [0.15, 0.2) is 6.29 Å². The van der Waals surface area contributed by atoms with Crippen molar-refractivity contribution >= 4 is 22.9 Å². The molecular weight excluding hydrogens is 362 g/mol. The highest BCUT2D eigenvalue weighted by Crippen LogP contribution is 2.21. The summed E-state index contributed by atoms with van der Waals surface area (Å²) in [5.74, 6) is -0.353. The Kier molecular flexibility index (Phi) is 5.84. The topological polar surface area (TPSA) is 120 Å². The van der Waals surface area contributed by atoms with Crippen molar-refractivity contribution in [1.82, 2.24) is 37.1 Å². The van der Waals surface area contributed by atoms with Crippen LogP contribution in [0.3, 0.4) is 0 Å². The van der Waals surface area contributed by atoms with Gasteiger partial charge in [-0.05, 0) is 32.4 Å². The molecule has 0 saturated carbocycles. The van der Waals surface area contributed by atoms with Crippen LogP contribution < -0.4 is 32.6 Å². The lowest BCUT2D eigenvalue weighted by Gasteiger charge is -2.24. The minimum Gasteiger partial charge on any atom is -0.444 e. The predicted octanol–water partition coefficient (Wildman–Crippen LogP) is 0.131. The lowest BCUT2D eigenvalue weighted by molar-refractivity contribution is -0.124. The van der Waals surface area contributed by atoms with Crippen molar-refractivity contribution in [2.24, 2.45) is 7.05 Å². The molecule has 3 rings (SSSR count). The summed E-state index contributed by atoms with van der Waals surface area (Å²) in [5, 5.41) is 6.49. The molecule has 0 radical (unpaired) electrons. The van der Waals surface area contributed by atoms with Crippen molar-refractivity contribution in [2.45, 2.75) is 45.1 Å². The third kappa shape index (κ3) is 4.98. The normalized spacial score (nSPS) is 16.1. The number of nitrogens with zero attached hydrogens (tertiary/aromatic N) is 1. The van der Waals surface area contributed by atoms with E-state index in [4.69, 9.17) is 4.74 Å². The van der Waals surface area contributed by atoms with Gasteiger partial charge < -0.3 is 19.9 Å². The number of hydrogen-bond acceptors (Lipinski definition) is 7. The van der Waals surface area contributed by atoms with Crippen molar-refractivity contribution in [2.75, 3.05) is 0 Å². The van der Waals surface area contributed by atoms with Crippen LogP contribution in [0.15, 0.2) is 30.5 Å². The van der Waals surface area contributed by atoms with E-state index in [-0.39, 0.29) is 5.91 Å². The number of hydrazine groups is 3. The van der Waals surface area contributed by atoms with Crippen LogP contribution in [0.1, 0.15) is 26.3 Å². The highest BCUT2D eigenvalue weighted by molar-refractivity contribution is 5.88. The molecule has 2 aromatic rings. The van der Waals surface area contributed by atoms with Gasteiger partial charge in [-0.3, -0.25) is 4.79 Å². The second kappa shape index (κ2) is 8.15. The summed E-state index contributed by atoms with van der Waals surface area (Å²) in [5.41, 5.74) is 12.2. The van der Waals surface area contributed by atoms with Gasteiger partial charge in [0.25, 0.3) is 0 Å². The molecule has 1 aliphatic heterocycles. The highest BCUT2D eigenvalue weighted by Gasteiger charge is 2.28. The van der Waals surface area contributed by atoms with Gasteiger partial charge in [0, 0.05) is 30.6 Å². The van der Waals surface area contributed by atoms with E-state index in [0.717, 1.165) is 16.5 Å². The number of amides is 2. The maximum Gasteiger partial charge on any atom is 0.408 e. The molecule has 1 aromatic heterocycles. The van der Waals surface area contributed by atoms with Crippen molar-refractivity contribution < 1.29 is 14.3 Å². The van der Waals surface area contributed by atoms with Crippen LogP contribution in [0.25, 0.3) is 10.9 Å². The van der Waals surface area contributed by atoms with Crippen molar-refractivity contribution in [1.29, 1.82) is 0 Å². The van der Waals surface area contributed by atoms with E-state index < -0.39 is 24.0 Å². The Balaban J connectivity index is 1.79. The highest BCUT2D eigenvalue weighted by atomic mass is 16.6. The largest absolute Gasteiger partial charge is 0.444 e. The maximum atomic E-state index is 12.8. The third-order valence-electron chi connectivity index (χ3n) is 4.19. The molecular formula is C18H27N7O3. The Morgan fingerprint density at radius 1 is 1.21 bits per heavy atom. The van der Waals surface area contributed by atoms with E-state index in [1.165, 1.54) is 0 Å². The van der Waals surface area contributed by atoms with Crippen molar-refractivity contribution in [3.8, 4) is 0 Å². The molecule has 10 heteroatoms. The van der Waals surface area contributed by atoms with Gasteiger partial charge in [-0.15, -0.1) is 0 Å². The van der Waals surface area contributed by atoms with Crippen molar-refractivity contribution in [3.63, 3.8) is 0 Å². The average molecular weight is 389 g/mol. The second-order valence-corrected chi connectivity index (χ2v) is 7.67. The van der Waals surface area contributed by atoms with E-state index in [1.807, 2.05) is 42.1 Å². The zero-order valence-corrected chi connectivity index (χ0v) is 16.4. The van der Waals surface area contributed by atoms with Crippen LogP contribution in [-0.2, 0) is 23.0 Å². The number of aromatic nitrogens is 1. The van der Waals surface area contributed by atoms with Crippen LogP contribution in [-0.4, -0.2) is 34.5 Å². The van der Waals surface area contributed by atoms with Gasteiger partial charge in [0.05, 0.1) is 0 Å². The molecule has 28 heavy (non-hydrogen) atoms. The van der Waals surface area contributed by atoms with Gasteiger partial charge >= 0.3 is 6.09 Å². The summed E-state index contributed by atoms with van der Waals surface area (Å²) in [6.45, 7) is 5.32. The first kappa shape index (κ1) is 20.1. The van der Waals surface area contributed by atoms with Crippen LogP contribution in [0.4, 0.5) is 4.79 Å². The molecule has 2 heterocycles. The van der Waals surface area contributed by atoms with Gasteiger partial charge in [-0.25, -0.2) is 15.6 Å². The molecule has 1 saturated heterocycles. The first-order chi connectivity index (χ1) is 13.2. The monoisotopic (exact) mass is 389 g/mol. The molecule has 1 atom stereocenters. The van der Waals surface area contributed by atoms with E-state index in [0.29, 0.717) is 6.42 Å². The molecule has 10 nitrogen and oxygen atoms in total. The summed E-state index contributed by atoms with van der Waals surface area (Å²) >= 11 is 0. The zero-order valence-electron chi connectivity index (χ0n) is 16.4. The number of fused-ring (bicyclic) bond motifs is 1. The Hall–Kier alpha value is -2.66. The molecule has 1 fully saturated rings. The fraction of sp³-hybridized carbons (Fsp3) is 0.444. The van der Waals surface area contributed by atoms with E-state index in [1.54, 1.807) is 20.8 Å². The summed E-state index contributed by atoms with van der Waals surface area (Å²) in [7, 11) is 1.95. The molecule has 1 aliphatic rings. The number of nitrogens with one attached hydrogen (secondary N) is 6. The van der Waals surface area contributed by atoms with Crippen LogP contribution >= 0.6 is 0 Å². The minimum absolute atomic E-state index is 0.319. The maximum absolute atomic E-state index is 12.8. The van der Waals surface area contributed by atoms with Crippen LogP contribution in [0.2, 0.25) is 0 Å². The molecule has 0 unspecified atom stereocenters. The SMILES string of the molecule is Cn1cc(C[C@@H](NC(=O)OC(C)(C)C)C(=O)NC2NNNN2)c2ccccc21.